The zero-order valence-electron chi connectivity index (χ0n) is 20.9. The Kier molecular flexibility index (Phi) is 8.05. The van der Waals surface area contributed by atoms with E-state index in [9.17, 15) is 41.3 Å². The summed E-state index contributed by atoms with van der Waals surface area (Å²) in [6.07, 6.45) is -6.69. The summed E-state index contributed by atoms with van der Waals surface area (Å²) in [5, 5.41) is 12.8. The molecule has 1 atom stereocenters. The predicted octanol–water partition coefficient (Wildman–Crippen LogP) is 4.37. The van der Waals surface area contributed by atoms with E-state index in [0.29, 0.717) is 18.4 Å². The lowest BCUT2D eigenvalue weighted by atomic mass is 10.1. The Morgan fingerprint density at radius 2 is 1.68 bits per heavy atom. The van der Waals surface area contributed by atoms with Crippen molar-refractivity contribution in [2.24, 2.45) is 0 Å². The average Bonchev–Trinajstić information content (AvgIpc) is 2.92. The van der Waals surface area contributed by atoms with Crippen LogP contribution in [0.2, 0.25) is 0 Å². The number of para-hydroxylation sites is 1. The summed E-state index contributed by atoms with van der Waals surface area (Å²) < 4.78 is 84.5. The molecule has 0 saturated carbocycles. The number of anilines is 2. The Labute approximate surface area is 230 Å². The highest BCUT2D eigenvalue weighted by Crippen LogP contribution is 2.37. The van der Waals surface area contributed by atoms with Crippen molar-refractivity contribution in [1.82, 2.24) is 0 Å². The van der Waals surface area contributed by atoms with Gasteiger partial charge < -0.3 is 19.5 Å². The van der Waals surface area contributed by atoms with Gasteiger partial charge >= 0.3 is 12.1 Å². The smallest absolute Gasteiger partial charge is 0.418 e. The lowest BCUT2D eigenvalue weighted by Gasteiger charge is -2.19. The van der Waals surface area contributed by atoms with E-state index in [1.807, 2.05) is 5.32 Å². The van der Waals surface area contributed by atoms with Crippen molar-refractivity contribution in [1.29, 1.82) is 0 Å². The number of halogens is 3. The van der Waals surface area contributed by atoms with Gasteiger partial charge in [0.1, 0.15) is 13.2 Å². The van der Waals surface area contributed by atoms with E-state index in [1.54, 1.807) is 0 Å². The standard InChI is InChI=1S/C25H20F3N3O9S/c1-14(23(32)29-20-8-6-15(31(34)35)12-18(20)25(26,27)28)40-24(33)17-4-2-3-5-19(17)30-41(36,37)16-7-9-21-22(13-16)39-11-10-38-21/h2-9,12-14,30H,10-11H2,1H3,(H,29,32). The van der Waals surface area contributed by atoms with E-state index in [0.717, 1.165) is 13.0 Å². The third kappa shape index (κ3) is 6.66. The van der Waals surface area contributed by atoms with Gasteiger partial charge in [0.15, 0.2) is 17.6 Å². The molecule has 0 aliphatic carbocycles. The number of rotatable bonds is 8. The minimum Gasteiger partial charge on any atom is -0.486 e. The second-order valence-electron chi connectivity index (χ2n) is 8.48. The van der Waals surface area contributed by atoms with Gasteiger partial charge in [0, 0.05) is 18.2 Å². The van der Waals surface area contributed by atoms with Crippen molar-refractivity contribution in [3.8, 4) is 11.5 Å². The van der Waals surface area contributed by atoms with Gasteiger partial charge in [-0.15, -0.1) is 0 Å². The number of nitro groups is 1. The molecule has 3 aromatic rings. The molecule has 216 valence electrons. The van der Waals surface area contributed by atoms with Crippen LogP contribution in [0.25, 0.3) is 0 Å². The highest BCUT2D eigenvalue weighted by Gasteiger charge is 2.36. The fourth-order valence-electron chi connectivity index (χ4n) is 3.65. The second-order valence-corrected chi connectivity index (χ2v) is 10.2. The Balaban J connectivity index is 1.50. The zero-order valence-corrected chi connectivity index (χ0v) is 21.7. The van der Waals surface area contributed by atoms with Gasteiger partial charge in [-0.1, -0.05) is 12.1 Å². The van der Waals surface area contributed by atoms with Crippen LogP contribution in [-0.2, 0) is 25.7 Å². The largest absolute Gasteiger partial charge is 0.486 e. The average molecular weight is 596 g/mol. The molecule has 0 bridgehead atoms. The quantitative estimate of drug-likeness (QED) is 0.219. The SMILES string of the molecule is CC(OC(=O)c1ccccc1NS(=O)(=O)c1ccc2c(c1)OCCO2)C(=O)Nc1ccc([N+](=O)[O-])cc1C(F)(F)F. The molecule has 1 aliphatic rings. The fraction of sp³-hybridized carbons (Fsp3) is 0.200. The first-order valence-electron chi connectivity index (χ1n) is 11.7. The van der Waals surface area contributed by atoms with Crippen molar-refractivity contribution >= 4 is 39.0 Å². The van der Waals surface area contributed by atoms with E-state index in [4.69, 9.17) is 14.2 Å². The van der Waals surface area contributed by atoms with Gasteiger partial charge in [0.2, 0.25) is 0 Å². The van der Waals surface area contributed by atoms with Crippen LogP contribution >= 0.6 is 0 Å². The molecule has 4 rings (SSSR count). The van der Waals surface area contributed by atoms with Gasteiger partial charge in [-0.3, -0.25) is 19.6 Å². The molecule has 1 unspecified atom stereocenters. The summed E-state index contributed by atoms with van der Waals surface area (Å²) in [6, 6.07) is 11.0. The molecular weight excluding hydrogens is 575 g/mol. The van der Waals surface area contributed by atoms with Crippen LogP contribution in [0, 0.1) is 10.1 Å². The molecule has 0 radical (unpaired) electrons. The van der Waals surface area contributed by atoms with E-state index in [1.165, 1.54) is 42.5 Å². The van der Waals surface area contributed by atoms with Gasteiger partial charge in [0.25, 0.3) is 21.6 Å². The van der Waals surface area contributed by atoms with Crippen LogP contribution in [0.15, 0.2) is 65.6 Å². The van der Waals surface area contributed by atoms with E-state index < -0.39 is 56.0 Å². The first-order valence-corrected chi connectivity index (χ1v) is 13.1. The third-order valence-corrected chi connectivity index (χ3v) is 7.01. The number of nitrogens with one attached hydrogen (secondary N) is 2. The predicted molar refractivity (Wildman–Crippen MR) is 136 cm³/mol. The Hall–Kier alpha value is -4.86. The number of hydrogen-bond acceptors (Lipinski definition) is 9. The number of fused-ring (bicyclic) bond motifs is 1. The maximum Gasteiger partial charge on any atom is 0.418 e. The highest BCUT2D eigenvalue weighted by molar-refractivity contribution is 7.92. The molecule has 1 aliphatic heterocycles. The van der Waals surface area contributed by atoms with Crippen LogP contribution in [0.3, 0.4) is 0 Å². The van der Waals surface area contributed by atoms with Gasteiger partial charge in [-0.25, -0.2) is 13.2 Å². The van der Waals surface area contributed by atoms with Crippen molar-refractivity contribution in [3.05, 3.63) is 81.9 Å². The number of ether oxygens (including phenoxy) is 3. The van der Waals surface area contributed by atoms with Crippen molar-refractivity contribution in [3.63, 3.8) is 0 Å². The van der Waals surface area contributed by atoms with Crippen LogP contribution < -0.4 is 19.5 Å². The number of esters is 1. The number of alkyl halides is 3. The summed E-state index contributed by atoms with van der Waals surface area (Å²) in [6.45, 7) is 1.61. The molecule has 41 heavy (non-hydrogen) atoms. The van der Waals surface area contributed by atoms with Crippen LogP contribution in [0.1, 0.15) is 22.8 Å². The molecule has 0 fully saturated rings. The van der Waals surface area contributed by atoms with Crippen LogP contribution in [0.5, 0.6) is 11.5 Å². The monoisotopic (exact) mass is 595 g/mol. The van der Waals surface area contributed by atoms with Gasteiger partial charge in [-0.05, 0) is 37.3 Å². The Morgan fingerprint density at radius 3 is 2.37 bits per heavy atom. The first-order chi connectivity index (χ1) is 19.3. The fourth-order valence-corrected chi connectivity index (χ4v) is 4.74. The number of nitrogens with zero attached hydrogens (tertiary/aromatic N) is 1. The molecule has 0 saturated heterocycles. The number of hydrogen-bond donors (Lipinski definition) is 2. The number of nitro benzene ring substituents is 1. The van der Waals surface area contributed by atoms with Crippen molar-refractivity contribution < 1.29 is 50.3 Å². The maximum atomic E-state index is 13.4. The Morgan fingerprint density at radius 1 is 1.00 bits per heavy atom. The molecule has 2 N–H and O–H groups in total. The number of carbonyl (C=O) groups is 2. The molecule has 1 heterocycles. The zero-order chi connectivity index (χ0) is 29.9. The number of amides is 1. The first kappa shape index (κ1) is 29.1. The topological polar surface area (TPSA) is 163 Å². The second kappa shape index (κ2) is 11.3. The molecule has 12 nitrogen and oxygen atoms in total. The van der Waals surface area contributed by atoms with Gasteiger partial charge in [-0.2, -0.15) is 13.2 Å². The summed E-state index contributed by atoms with van der Waals surface area (Å²) in [4.78, 5) is 35.1. The maximum absolute atomic E-state index is 13.4. The summed E-state index contributed by atoms with van der Waals surface area (Å²) >= 11 is 0. The third-order valence-electron chi connectivity index (χ3n) is 5.65. The summed E-state index contributed by atoms with van der Waals surface area (Å²) in [5.74, 6) is -1.75. The minimum absolute atomic E-state index is 0.193. The van der Waals surface area contributed by atoms with E-state index >= 15 is 0 Å². The highest BCUT2D eigenvalue weighted by atomic mass is 32.2. The number of non-ortho nitro benzene ring substituents is 1. The molecule has 0 aromatic heterocycles. The molecular formula is C25H20F3N3O9S. The lowest BCUT2D eigenvalue weighted by Crippen LogP contribution is -2.31. The summed E-state index contributed by atoms with van der Waals surface area (Å²) in [5.41, 5.74) is -3.60. The molecule has 1 amide bonds. The van der Waals surface area contributed by atoms with Gasteiger partial charge in [0.05, 0.1) is 32.3 Å². The van der Waals surface area contributed by atoms with E-state index in [2.05, 4.69) is 4.72 Å². The molecule has 0 spiro atoms. The van der Waals surface area contributed by atoms with Crippen LogP contribution in [0.4, 0.5) is 30.2 Å². The molecule has 3 aromatic carbocycles. The minimum atomic E-state index is -5.04. The van der Waals surface area contributed by atoms with Crippen molar-refractivity contribution in [2.75, 3.05) is 23.3 Å². The normalized spacial score (nSPS) is 13.6. The summed E-state index contributed by atoms with van der Waals surface area (Å²) in [7, 11) is -4.24. The Bertz CT molecular complexity index is 1630. The lowest BCUT2D eigenvalue weighted by molar-refractivity contribution is -0.385. The van der Waals surface area contributed by atoms with Crippen LogP contribution in [-0.4, -0.2) is 44.5 Å². The van der Waals surface area contributed by atoms with Crippen molar-refractivity contribution in [2.45, 2.75) is 24.1 Å². The molecule has 16 heteroatoms. The number of carbonyl (C=O) groups excluding carboxylic acids is 2. The van der Waals surface area contributed by atoms with E-state index in [-0.39, 0.29) is 34.6 Å². The number of sulfonamides is 1. The number of benzene rings is 3.